The number of hydrogen-bond donors (Lipinski definition) is 1. The summed E-state index contributed by atoms with van der Waals surface area (Å²) in [6, 6.07) is 8.83. The first kappa shape index (κ1) is 16.1. The Morgan fingerprint density at radius 2 is 1.75 bits per heavy atom. The van der Waals surface area contributed by atoms with Gasteiger partial charge in [0, 0.05) is 11.3 Å². The average molecular weight is 344 g/mol. The van der Waals surface area contributed by atoms with E-state index < -0.39 is 0 Å². The highest BCUT2D eigenvalue weighted by Crippen LogP contribution is 2.38. The second-order valence-corrected chi connectivity index (χ2v) is 5.79. The molecule has 0 bridgehead atoms. The normalized spacial score (nSPS) is 10.5. The minimum atomic E-state index is -0.274. The first-order valence-electron chi connectivity index (χ1n) is 7.11. The summed E-state index contributed by atoms with van der Waals surface area (Å²) in [6.45, 7) is 0. The molecule has 0 radical (unpaired) electrons. The van der Waals surface area contributed by atoms with Gasteiger partial charge in [0.1, 0.15) is 0 Å². The molecule has 0 saturated heterocycles. The number of nitrogens with zero attached hydrogens (tertiary/aromatic N) is 1. The Morgan fingerprint density at radius 1 is 1.04 bits per heavy atom. The van der Waals surface area contributed by atoms with Crippen LogP contribution in [0.2, 0.25) is 0 Å². The zero-order chi connectivity index (χ0) is 17.1. The van der Waals surface area contributed by atoms with Gasteiger partial charge >= 0.3 is 0 Å². The van der Waals surface area contributed by atoms with Gasteiger partial charge in [0.25, 0.3) is 5.91 Å². The van der Waals surface area contributed by atoms with Crippen LogP contribution < -0.4 is 19.5 Å². The van der Waals surface area contributed by atoms with E-state index in [-0.39, 0.29) is 5.91 Å². The van der Waals surface area contributed by atoms with E-state index in [4.69, 9.17) is 14.2 Å². The monoisotopic (exact) mass is 344 g/mol. The maximum absolute atomic E-state index is 12.5. The van der Waals surface area contributed by atoms with E-state index in [1.54, 1.807) is 29.0 Å². The number of aromatic nitrogens is 1. The van der Waals surface area contributed by atoms with Crippen LogP contribution >= 0.6 is 11.3 Å². The highest BCUT2D eigenvalue weighted by atomic mass is 32.1. The lowest BCUT2D eigenvalue weighted by atomic mass is 10.1. The Labute approximate surface area is 143 Å². The molecule has 124 valence electrons. The van der Waals surface area contributed by atoms with Crippen molar-refractivity contribution in [2.24, 2.45) is 0 Å². The molecule has 0 aliphatic heterocycles. The fourth-order valence-corrected chi connectivity index (χ4v) is 3.01. The summed E-state index contributed by atoms with van der Waals surface area (Å²) in [7, 11) is 4.54. The second kappa shape index (κ2) is 6.76. The Balaban J connectivity index is 1.91. The zero-order valence-electron chi connectivity index (χ0n) is 13.5. The smallest absolute Gasteiger partial charge is 0.255 e. The predicted octanol–water partition coefficient (Wildman–Crippen LogP) is 3.57. The van der Waals surface area contributed by atoms with Gasteiger partial charge in [-0.1, -0.05) is 0 Å². The van der Waals surface area contributed by atoms with Crippen molar-refractivity contribution >= 4 is 33.1 Å². The number of carbonyl (C=O) groups excluding carboxylic acids is 1. The second-order valence-electron chi connectivity index (χ2n) is 4.90. The van der Waals surface area contributed by atoms with Gasteiger partial charge in [-0.05, 0) is 30.3 Å². The summed E-state index contributed by atoms with van der Waals surface area (Å²) in [5.74, 6) is 1.03. The van der Waals surface area contributed by atoms with Crippen molar-refractivity contribution in [2.45, 2.75) is 0 Å². The van der Waals surface area contributed by atoms with Crippen LogP contribution in [-0.4, -0.2) is 32.2 Å². The number of thiazole rings is 1. The highest BCUT2D eigenvalue weighted by Gasteiger charge is 2.17. The molecule has 3 rings (SSSR count). The van der Waals surface area contributed by atoms with Gasteiger partial charge < -0.3 is 19.5 Å². The molecule has 0 saturated carbocycles. The number of anilines is 1. The first-order chi connectivity index (χ1) is 11.7. The lowest BCUT2D eigenvalue weighted by Gasteiger charge is -2.14. The molecule has 0 fully saturated rings. The van der Waals surface area contributed by atoms with Crippen molar-refractivity contribution < 1.29 is 19.0 Å². The van der Waals surface area contributed by atoms with Crippen molar-refractivity contribution in [3.63, 3.8) is 0 Å². The Bertz CT molecular complexity index is 866. The molecule has 0 aliphatic carbocycles. The minimum absolute atomic E-state index is 0.274. The van der Waals surface area contributed by atoms with Crippen molar-refractivity contribution in [1.29, 1.82) is 0 Å². The van der Waals surface area contributed by atoms with Crippen LogP contribution in [0.25, 0.3) is 10.2 Å². The molecular weight excluding hydrogens is 328 g/mol. The SMILES string of the molecule is COc1cc(C(=O)Nc2ccc3scnc3c2)cc(OC)c1OC. The average Bonchev–Trinajstić information content (AvgIpc) is 3.07. The molecule has 6 nitrogen and oxygen atoms in total. The molecule has 1 amide bonds. The van der Waals surface area contributed by atoms with E-state index in [1.807, 2.05) is 18.2 Å². The van der Waals surface area contributed by atoms with Crippen molar-refractivity contribution in [2.75, 3.05) is 26.6 Å². The van der Waals surface area contributed by atoms with E-state index in [0.717, 1.165) is 10.2 Å². The number of amides is 1. The summed E-state index contributed by atoms with van der Waals surface area (Å²) in [5, 5.41) is 2.85. The topological polar surface area (TPSA) is 69.7 Å². The molecule has 0 unspecified atom stereocenters. The van der Waals surface area contributed by atoms with Gasteiger partial charge in [-0.25, -0.2) is 4.98 Å². The Kier molecular flexibility index (Phi) is 4.52. The number of nitrogens with one attached hydrogen (secondary N) is 1. The Hall–Kier alpha value is -2.80. The van der Waals surface area contributed by atoms with Crippen LogP contribution in [0.5, 0.6) is 17.2 Å². The van der Waals surface area contributed by atoms with E-state index >= 15 is 0 Å². The maximum Gasteiger partial charge on any atom is 0.255 e. The van der Waals surface area contributed by atoms with Gasteiger partial charge in [0.15, 0.2) is 11.5 Å². The van der Waals surface area contributed by atoms with Crippen LogP contribution in [0.1, 0.15) is 10.4 Å². The molecule has 1 aromatic heterocycles. The predicted molar refractivity (Wildman–Crippen MR) is 93.7 cm³/mol. The zero-order valence-corrected chi connectivity index (χ0v) is 14.3. The summed E-state index contributed by atoms with van der Waals surface area (Å²) >= 11 is 1.55. The van der Waals surface area contributed by atoms with E-state index in [2.05, 4.69) is 10.3 Å². The number of fused-ring (bicyclic) bond motifs is 1. The van der Waals surface area contributed by atoms with Crippen molar-refractivity contribution in [3.05, 3.63) is 41.4 Å². The first-order valence-corrected chi connectivity index (χ1v) is 7.99. The Morgan fingerprint density at radius 3 is 2.38 bits per heavy atom. The van der Waals surface area contributed by atoms with Gasteiger partial charge in [-0.3, -0.25) is 4.79 Å². The molecule has 0 aliphatic rings. The van der Waals surface area contributed by atoms with Crippen LogP contribution in [0, 0.1) is 0 Å². The summed E-state index contributed by atoms with van der Waals surface area (Å²) < 4.78 is 16.9. The number of carbonyl (C=O) groups is 1. The molecular formula is C17H16N2O4S. The van der Waals surface area contributed by atoms with Crippen LogP contribution in [-0.2, 0) is 0 Å². The minimum Gasteiger partial charge on any atom is -0.493 e. The molecule has 1 N–H and O–H groups in total. The fourth-order valence-electron chi connectivity index (χ4n) is 2.35. The third kappa shape index (κ3) is 2.98. The third-order valence-electron chi connectivity index (χ3n) is 3.52. The lowest BCUT2D eigenvalue weighted by molar-refractivity contribution is 0.102. The third-order valence-corrected chi connectivity index (χ3v) is 4.33. The molecule has 7 heteroatoms. The molecule has 2 aromatic carbocycles. The van der Waals surface area contributed by atoms with E-state index in [0.29, 0.717) is 28.5 Å². The van der Waals surface area contributed by atoms with Gasteiger partial charge in [0.2, 0.25) is 5.75 Å². The van der Waals surface area contributed by atoms with Crippen molar-refractivity contribution in [1.82, 2.24) is 4.98 Å². The highest BCUT2D eigenvalue weighted by molar-refractivity contribution is 7.16. The standard InChI is InChI=1S/C17H16N2O4S/c1-21-13-6-10(7-14(22-2)16(13)23-3)17(20)19-11-4-5-15-12(8-11)18-9-24-15/h4-9H,1-3H3,(H,19,20). The molecule has 0 atom stereocenters. The van der Waals surface area contributed by atoms with Crippen LogP contribution in [0.3, 0.4) is 0 Å². The molecule has 3 aromatic rings. The molecule has 0 spiro atoms. The molecule has 24 heavy (non-hydrogen) atoms. The van der Waals surface area contributed by atoms with Gasteiger partial charge in [0.05, 0.1) is 37.1 Å². The van der Waals surface area contributed by atoms with Crippen LogP contribution in [0.4, 0.5) is 5.69 Å². The van der Waals surface area contributed by atoms with Crippen LogP contribution in [0.15, 0.2) is 35.8 Å². The van der Waals surface area contributed by atoms with E-state index in [9.17, 15) is 4.79 Å². The molecule has 1 heterocycles. The van der Waals surface area contributed by atoms with Gasteiger partial charge in [-0.2, -0.15) is 0 Å². The number of rotatable bonds is 5. The summed E-state index contributed by atoms with van der Waals surface area (Å²) in [6.07, 6.45) is 0. The van der Waals surface area contributed by atoms with Crippen molar-refractivity contribution in [3.8, 4) is 17.2 Å². The van der Waals surface area contributed by atoms with E-state index in [1.165, 1.54) is 21.3 Å². The number of ether oxygens (including phenoxy) is 3. The maximum atomic E-state index is 12.5. The number of benzene rings is 2. The largest absolute Gasteiger partial charge is 0.493 e. The quantitative estimate of drug-likeness (QED) is 0.766. The fraction of sp³-hybridized carbons (Fsp3) is 0.176. The summed E-state index contributed by atoms with van der Waals surface area (Å²) in [4.78, 5) is 16.8. The summed E-state index contributed by atoms with van der Waals surface area (Å²) in [5.41, 5.74) is 3.70. The van der Waals surface area contributed by atoms with Gasteiger partial charge in [-0.15, -0.1) is 11.3 Å². The lowest BCUT2D eigenvalue weighted by Crippen LogP contribution is -2.12. The number of methoxy groups -OCH3 is 3. The number of hydrogen-bond acceptors (Lipinski definition) is 6.